The minimum atomic E-state index is 0.698. The SMILES string of the molecule is CCNCC(C)CN(C)Cc1ccccc1C. The van der Waals surface area contributed by atoms with E-state index in [0.717, 1.165) is 26.2 Å². The summed E-state index contributed by atoms with van der Waals surface area (Å²) in [6.45, 7) is 11.0. The van der Waals surface area contributed by atoms with E-state index in [1.807, 2.05) is 0 Å². The van der Waals surface area contributed by atoms with Crippen molar-refractivity contribution in [1.82, 2.24) is 10.2 Å². The Morgan fingerprint density at radius 2 is 2.00 bits per heavy atom. The fourth-order valence-corrected chi connectivity index (χ4v) is 2.13. The maximum absolute atomic E-state index is 3.40. The average Bonchev–Trinajstić information content (AvgIpc) is 2.29. The predicted molar refractivity (Wildman–Crippen MR) is 75.2 cm³/mol. The van der Waals surface area contributed by atoms with E-state index in [2.05, 4.69) is 62.3 Å². The molecule has 0 bridgehead atoms. The monoisotopic (exact) mass is 234 g/mol. The van der Waals surface area contributed by atoms with Gasteiger partial charge in [-0.15, -0.1) is 0 Å². The second kappa shape index (κ2) is 7.46. The van der Waals surface area contributed by atoms with E-state index in [4.69, 9.17) is 0 Å². The van der Waals surface area contributed by atoms with Crippen molar-refractivity contribution in [2.45, 2.75) is 27.3 Å². The lowest BCUT2D eigenvalue weighted by Gasteiger charge is -2.22. The summed E-state index contributed by atoms with van der Waals surface area (Å²) in [5.74, 6) is 0.698. The van der Waals surface area contributed by atoms with E-state index in [1.165, 1.54) is 11.1 Å². The molecule has 0 amide bonds. The first-order valence-electron chi connectivity index (χ1n) is 6.57. The molecule has 1 aromatic carbocycles. The van der Waals surface area contributed by atoms with Crippen molar-refractivity contribution in [2.75, 3.05) is 26.7 Å². The molecular weight excluding hydrogens is 208 g/mol. The second-order valence-electron chi connectivity index (χ2n) is 5.04. The van der Waals surface area contributed by atoms with Crippen molar-refractivity contribution in [1.29, 1.82) is 0 Å². The smallest absolute Gasteiger partial charge is 0.0233 e. The molecule has 0 saturated carbocycles. The maximum Gasteiger partial charge on any atom is 0.0233 e. The van der Waals surface area contributed by atoms with Gasteiger partial charge in [-0.3, -0.25) is 0 Å². The molecule has 2 heteroatoms. The van der Waals surface area contributed by atoms with E-state index in [0.29, 0.717) is 5.92 Å². The predicted octanol–water partition coefficient (Wildman–Crippen LogP) is 2.67. The van der Waals surface area contributed by atoms with Crippen LogP contribution in [0.25, 0.3) is 0 Å². The molecule has 0 aliphatic rings. The highest BCUT2D eigenvalue weighted by atomic mass is 15.1. The van der Waals surface area contributed by atoms with Crippen LogP contribution >= 0.6 is 0 Å². The van der Waals surface area contributed by atoms with E-state index < -0.39 is 0 Å². The summed E-state index contributed by atoms with van der Waals surface area (Å²) in [7, 11) is 2.20. The quantitative estimate of drug-likeness (QED) is 0.780. The fraction of sp³-hybridized carbons (Fsp3) is 0.600. The number of rotatable bonds is 7. The van der Waals surface area contributed by atoms with Crippen LogP contribution in [0, 0.1) is 12.8 Å². The zero-order chi connectivity index (χ0) is 12.7. The Bertz CT molecular complexity index is 322. The zero-order valence-electron chi connectivity index (χ0n) is 11.7. The maximum atomic E-state index is 3.40. The molecule has 0 aliphatic carbocycles. The molecule has 0 saturated heterocycles. The summed E-state index contributed by atoms with van der Waals surface area (Å²) in [6, 6.07) is 8.64. The molecule has 1 rings (SSSR count). The molecule has 0 spiro atoms. The first-order chi connectivity index (χ1) is 8.13. The van der Waals surface area contributed by atoms with Crippen molar-refractivity contribution >= 4 is 0 Å². The van der Waals surface area contributed by atoms with Gasteiger partial charge in [-0.1, -0.05) is 38.1 Å². The van der Waals surface area contributed by atoms with Gasteiger partial charge in [-0.05, 0) is 44.1 Å². The number of nitrogens with one attached hydrogen (secondary N) is 1. The van der Waals surface area contributed by atoms with Gasteiger partial charge in [0, 0.05) is 13.1 Å². The summed E-state index contributed by atoms with van der Waals surface area (Å²) in [4.78, 5) is 2.41. The van der Waals surface area contributed by atoms with Crippen LogP contribution in [0.1, 0.15) is 25.0 Å². The highest BCUT2D eigenvalue weighted by Crippen LogP contribution is 2.10. The summed E-state index contributed by atoms with van der Waals surface area (Å²) in [5.41, 5.74) is 2.82. The third-order valence-electron chi connectivity index (χ3n) is 3.07. The molecule has 1 aromatic rings. The standard InChI is InChI=1S/C15H26N2/c1-5-16-10-13(2)11-17(4)12-15-9-7-6-8-14(15)3/h6-9,13,16H,5,10-12H2,1-4H3. The number of nitrogens with zero attached hydrogens (tertiary/aromatic N) is 1. The highest BCUT2D eigenvalue weighted by molar-refractivity contribution is 5.25. The third kappa shape index (κ3) is 5.33. The van der Waals surface area contributed by atoms with Crippen molar-refractivity contribution < 1.29 is 0 Å². The van der Waals surface area contributed by atoms with Crippen LogP contribution in [0.3, 0.4) is 0 Å². The van der Waals surface area contributed by atoms with Crippen molar-refractivity contribution in [3.05, 3.63) is 35.4 Å². The largest absolute Gasteiger partial charge is 0.317 e. The van der Waals surface area contributed by atoms with Crippen molar-refractivity contribution in [3.8, 4) is 0 Å². The fourth-order valence-electron chi connectivity index (χ4n) is 2.13. The van der Waals surface area contributed by atoms with Gasteiger partial charge >= 0.3 is 0 Å². The minimum Gasteiger partial charge on any atom is -0.317 e. The molecular formula is C15H26N2. The van der Waals surface area contributed by atoms with Crippen LogP contribution in [0.15, 0.2) is 24.3 Å². The average molecular weight is 234 g/mol. The molecule has 0 aliphatic heterocycles. The topological polar surface area (TPSA) is 15.3 Å². The Kier molecular flexibility index (Phi) is 6.23. The Morgan fingerprint density at radius 3 is 2.65 bits per heavy atom. The van der Waals surface area contributed by atoms with Gasteiger partial charge in [-0.2, -0.15) is 0 Å². The number of benzene rings is 1. The van der Waals surface area contributed by atoms with Gasteiger partial charge in [0.1, 0.15) is 0 Å². The van der Waals surface area contributed by atoms with Gasteiger partial charge in [0.2, 0.25) is 0 Å². The normalized spacial score (nSPS) is 13.0. The molecule has 0 fully saturated rings. The van der Waals surface area contributed by atoms with Gasteiger partial charge in [0.05, 0.1) is 0 Å². The first kappa shape index (κ1) is 14.2. The molecule has 96 valence electrons. The lowest BCUT2D eigenvalue weighted by atomic mass is 10.1. The van der Waals surface area contributed by atoms with Gasteiger partial charge in [0.15, 0.2) is 0 Å². The Hall–Kier alpha value is -0.860. The van der Waals surface area contributed by atoms with Gasteiger partial charge in [0.25, 0.3) is 0 Å². The summed E-state index contributed by atoms with van der Waals surface area (Å²) in [5, 5.41) is 3.40. The van der Waals surface area contributed by atoms with Crippen molar-refractivity contribution in [2.24, 2.45) is 5.92 Å². The van der Waals surface area contributed by atoms with Crippen LogP contribution in [-0.2, 0) is 6.54 Å². The van der Waals surface area contributed by atoms with E-state index in [1.54, 1.807) is 0 Å². The lowest BCUT2D eigenvalue weighted by molar-refractivity contribution is 0.274. The number of hydrogen-bond acceptors (Lipinski definition) is 2. The molecule has 1 atom stereocenters. The molecule has 1 N–H and O–H groups in total. The Labute approximate surface area is 106 Å². The molecule has 2 nitrogen and oxygen atoms in total. The Balaban J connectivity index is 2.39. The van der Waals surface area contributed by atoms with E-state index >= 15 is 0 Å². The van der Waals surface area contributed by atoms with Gasteiger partial charge < -0.3 is 10.2 Å². The second-order valence-corrected chi connectivity index (χ2v) is 5.04. The van der Waals surface area contributed by atoms with Crippen LogP contribution in [0.4, 0.5) is 0 Å². The van der Waals surface area contributed by atoms with Crippen LogP contribution in [0.2, 0.25) is 0 Å². The van der Waals surface area contributed by atoms with Crippen LogP contribution in [0.5, 0.6) is 0 Å². The third-order valence-corrected chi connectivity index (χ3v) is 3.07. The molecule has 0 heterocycles. The number of aryl methyl sites for hydroxylation is 1. The number of hydrogen-bond donors (Lipinski definition) is 1. The first-order valence-corrected chi connectivity index (χ1v) is 6.57. The molecule has 0 radical (unpaired) electrons. The zero-order valence-corrected chi connectivity index (χ0v) is 11.7. The molecule has 17 heavy (non-hydrogen) atoms. The van der Waals surface area contributed by atoms with Crippen LogP contribution in [-0.4, -0.2) is 31.6 Å². The Morgan fingerprint density at radius 1 is 1.29 bits per heavy atom. The van der Waals surface area contributed by atoms with Crippen molar-refractivity contribution in [3.63, 3.8) is 0 Å². The molecule has 1 unspecified atom stereocenters. The summed E-state index contributed by atoms with van der Waals surface area (Å²) >= 11 is 0. The van der Waals surface area contributed by atoms with E-state index in [9.17, 15) is 0 Å². The van der Waals surface area contributed by atoms with Crippen LogP contribution < -0.4 is 5.32 Å². The van der Waals surface area contributed by atoms with Gasteiger partial charge in [-0.25, -0.2) is 0 Å². The lowest BCUT2D eigenvalue weighted by Crippen LogP contribution is -2.30. The minimum absolute atomic E-state index is 0.698. The van der Waals surface area contributed by atoms with E-state index in [-0.39, 0.29) is 0 Å². The highest BCUT2D eigenvalue weighted by Gasteiger charge is 2.07. The molecule has 0 aromatic heterocycles. The summed E-state index contributed by atoms with van der Waals surface area (Å²) in [6.07, 6.45) is 0. The summed E-state index contributed by atoms with van der Waals surface area (Å²) < 4.78 is 0.